The molecule has 1 saturated heterocycles. The molecule has 1 N–H and O–H groups in total. The molecule has 1 heterocycles. The normalized spacial score (nSPS) is 27.7. The van der Waals surface area contributed by atoms with Gasteiger partial charge in [0.15, 0.2) is 0 Å². The summed E-state index contributed by atoms with van der Waals surface area (Å²) in [5.41, 5.74) is 0. The molecule has 3 aliphatic rings. The summed E-state index contributed by atoms with van der Waals surface area (Å²) in [4.78, 5) is 15.0. The van der Waals surface area contributed by atoms with Crippen LogP contribution in [0.15, 0.2) is 0 Å². The van der Waals surface area contributed by atoms with Crippen molar-refractivity contribution in [3.63, 3.8) is 0 Å². The molecular formula is C16H29ClN2O. The SMILES string of the molecule is Cl.O=C(C1CCCNC1)N(CC1CCCCC1)C1CC1. The van der Waals surface area contributed by atoms with Gasteiger partial charge in [0.2, 0.25) is 5.91 Å². The van der Waals surface area contributed by atoms with Crippen molar-refractivity contribution in [1.82, 2.24) is 10.2 Å². The van der Waals surface area contributed by atoms with Gasteiger partial charge in [-0.3, -0.25) is 4.79 Å². The third-order valence-electron chi connectivity index (χ3n) is 5.10. The Bertz CT molecular complexity index is 308. The van der Waals surface area contributed by atoms with Crippen LogP contribution in [0, 0.1) is 11.8 Å². The molecule has 0 bridgehead atoms. The van der Waals surface area contributed by atoms with E-state index in [0.717, 1.165) is 32.0 Å². The Morgan fingerprint density at radius 1 is 1.00 bits per heavy atom. The van der Waals surface area contributed by atoms with Gasteiger partial charge in [0.1, 0.15) is 0 Å². The Labute approximate surface area is 129 Å². The lowest BCUT2D eigenvalue weighted by molar-refractivity contribution is -0.137. The zero-order chi connectivity index (χ0) is 13.1. The summed E-state index contributed by atoms with van der Waals surface area (Å²) in [6.07, 6.45) is 11.6. The average molecular weight is 301 g/mol. The molecule has 3 rings (SSSR count). The number of rotatable bonds is 4. The Morgan fingerprint density at radius 3 is 2.35 bits per heavy atom. The fraction of sp³-hybridized carbons (Fsp3) is 0.938. The van der Waals surface area contributed by atoms with Crippen molar-refractivity contribution in [2.45, 2.75) is 63.8 Å². The number of nitrogens with zero attached hydrogens (tertiary/aromatic N) is 1. The van der Waals surface area contributed by atoms with E-state index in [9.17, 15) is 4.79 Å². The van der Waals surface area contributed by atoms with Crippen LogP contribution in [0.5, 0.6) is 0 Å². The fourth-order valence-electron chi connectivity index (χ4n) is 3.75. The monoisotopic (exact) mass is 300 g/mol. The van der Waals surface area contributed by atoms with Gasteiger partial charge in [-0.1, -0.05) is 19.3 Å². The van der Waals surface area contributed by atoms with Gasteiger partial charge in [-0.15, -0.1) is 12.4 Å². The standard InChI is InChI=1S/C16H28N2O.ClH/c19-16(14-7-4-10-17-11-14)18(15-8-9-15)12-13-5-2-1-3-6-13;/h13-15,17H,1-12H2;1H. The molecule has 3 fully saturated rings. The summed E-state index contributed by atoms with van der Waals surface area (Å²) in [5, 5.41) is 3.39. The molecule has 1 aliphatic heterocycles. The molecule has 0 aromatic carbocycles. The smallest absolute Gasteiger partial charge is 0.227 e. The molecule has 3 nitrogen and oxygen atoms in total. The van der Waals surface area contributed by atoms with Gasteiger partial charge in [0.05, 0.1) is 5.92 Å². The predicted molar refractivity (Wildman–Crippen MR) is 84.2 cm³/mol. The topological polar surface area (TPSA) is 32.3 Å². The van der Waals surface area contributed by atoms with Crippen molar-refractivity contribution in [2.75, 3.05) is 19.6 Å². The molecular weight excluding hydrogens is 272 g/mol. The number of amides is 1. The summed E-state index contributed by atoms with van der Waals surface area (Å²) >= 11 is 0. The van der Waals surface area contributed by atoms with E-state index in [1.807, 2.05) is 0 Å². The van der Waals surface area contributed by atoms with Crippen molar-refractivity contribution < 1.29 is 4.79 Å². The number of halogens is 1. The average Bonchev–Trinajstić information content (AvgIpc) is 3.31. The predicted octanol–water partition coefficient (Wildman–Crippen LogP) is 2.98. The second-order valence-corrected chi connectivity index (χ2v) is 6.77. The number of hydrogen-bond donors (Lipinski definition) is 1. The first-order valence-corrected chi connectivity index (χ1v) is 8.36. The molecule has 2 saturated carbocycles. The van der Waals surface area contributed by atoms with E-state index in [2.05, 4.69) is 10.2 Å². The highest BCUT2D eigenvalue weighted by atomic mass is 35.5. The second kappa shape index (κ2) is 7.65. The summed E-state index contributed by atoms with van der Waals surface area (Å²) in [6.45, 7) is 3.06. The van der Waals surface area contributed by atoms with E-state index in [1.54, 1.807) is 0 Å². The van der Waals surface area contributed by atoms with Crippen molar-refractivity contribution >= 4 is 18.3 Å². The van der Waals surface area contributed by atoms with Crippen LogP contribution in [0.4, 0.5) is 0 Å². The first-order valence-electron chi connectivity index (χ1n) is 8.36. The van der Waals surface area contributed by atoms with Crippen molar-refractivity contribution in [3.8, 4) is 0 Å². The zero-order valence-corrected chi connectivity index (χ0v) is 13.3. The Hall–Kier alpha value is -0.280. The van der Waals surface area contributed by atoms with Gasteiger partial charge in [-0.25, -0.2) is 0 Å². The van der Waals surface area contributed by atoms with Crippen LogP contribution in [0.2, 0.25) is 0 Å². The summed E-state index contributed by atoms with van der Waals surface area (Å²) in [6, 6.07) is 0.594. The zero-order valence-electron chi connectivity index (χ0n) is 12.5. The van der Waals surface area contributed by atoms with Crippen molar-refractivity contribution in [2.24, 2.45) is 11.8 Å². The minimum Gasteiger partial charge on any atom is -0.339 e. The highest BCUT2D eigenvalue weighted by molar-refractivity contribution is 5.85. The number of carbonyl (C=O) groups excluding carboxylic acids is 1. The van der Waals surface area contributed by atoms with Gasteiger partial charge in [-0.05, 0) is 51.0 Å². The molecule has 20 heavy (non-hydrogen) atoms. The van der Waals surface area contributed by atoms with Crippen LogP contribution in [0.25, 0.3) is 0 Å². The van der Waals surface area contributed by atoms with Crippen molar-refractivity contribution in [1.29, 1.82) is 0 Å². The molecule has 0 aromatic heterocycles. The fourth-order valence-corrected chi connectivity index (χ4v) is 3.75. The number of carbonyl (C=O) groups is 1. The Kier molecular flexibility index (Phi) is 6.16. The van der Waals surface area contributed by atoms with Gasteiger partial charge in [0, 0.05) is 19.1 Å². The summed E-state index contributed by atoms with van der Waals surface area (Å²) in [5.74, 6) is 1.51. The molecule has 1 amide bonds. The van der Waals surface area contributed by atoms with E-state index in [-0.39, 0.29) is 18.3 Å². The number of nitrogens with one attached hydrogen (secondary N) is 1. The van der Waals surface area contributed by atoms with Crippen molar-refractivity contribution in [3.05, 3.63) is 0 Å². The molecule has 0 aromatic rings. The summed E-state index contributed by atoms with van der Waals surface area (Å²) in [7, 11) is 0. The highest BCUT2D eigenvalue weighted by Crippen LogP contribution is 2.33. The van der Waals surface area contributed by atoms with Gasteiger partial charge in [-0.2, -0.15) is 0 Å². The largest absolute Gasteiger partial charge is 0.339 e. The number of hydrogen-bond acceptors (Lipinski definition) is 2. The first-order chi connectivity index (χ1) is 9.34. The van der Waals surface area contributed by atoms with E-state index >= 15 is 0 Å². The van der Waals surface area contributed by atoms with Gasteiger partial charge in [0.25, 0.3) is 0 Å². The lowest BCUT2D eigenvalue weighted by atomic mass is 9.88. The Morgan fingerprint density at radius 2 is 1.75 bits per heavy atom. The molecule has 116 valence electrons. The third kappa shape index (κ3) is 4.11. The molecule has 2 aliphatic carbocycles. The second-order valence-electron chi connectivity index (χ2n) is 6.77. The molecule has 0 spiro atoms. The highest BCUT2D eigenvalue weighted by Gasteiger charge is 2.37. The van der Waals surface area contributed by atoms with Crippen LogP contribution in [-0.2, 0) is 4.79 Å². The molecule has 0 radical (unpaired) electrons. The Balaban J connectivity index is 0.00000147. The van der Waals surface area contributed by atoms with Gasteiger partial charge >= 0.3 is 0 Å². The van der Waals surface area contributed by atoms with Crippen LogP contribution in [0.1, 0.15) is 57.8 Å². The first kappa shape index (κ1) is 16.1. The third-order valence-corrected chi connectivity index (χ3v) is 5.10. The molecule has 1 unspecified atom stereocenters. The number of piperidine rings is 1. The molecule has 1 atom stereocenters. The lowest BCUT2D eigenvalue weighted by Gasteiger charge is -2.33. The summed E-state index contributed by atoms with van der Waals surface area (Å²) < 4.78 is 0. The maximum atomic E-state index is 12.7. The van der Waals surface area contributed by atoms with Crippen LogP contribution >= 0.6 is 12.4 Å². The molecule has 4 heteroatoms. The van der Waals surface area contributed by atoms with Crippen LogP contribution in [-0.4, -0.2) is 36.5 Å². The van der Waals surface area contributed by atoms with E-state index < -0.39 is 0 Å². The van der Waals surface area contributed by atoms with Crippen LogP contribution in [0.3, 0.4) is 0 Å². The van der Waals surface area contributed by atoms with Crippen LogP contribution < -0.4 is 5.32 Å². The maximum Gasteiger partial charge on any atom is 0.227 e. The van der Waals surface area contributed by atoms with E-state index in [1.165, 1.54) is 51.4 Å². The quantitative estimate of drug-likeness (QED) is 0.866. The minimum atomic E-state index is 0. The minimum absolute atomic E-state index is 0. The van der Waals surface area contributed by atoms with Gasteiger partial charge < -0.3 is 10.2 Å². The van der Waals surface area contributed by atoms with E-state index in [0.29, 0.717) is 11.9 Å². The maximum absolute atomic E-state index is 12.7. The van der Waals surface area contributed by atoms with E-state index in [4.69, 9.17) is 0 Å². The lowest BCUT2D eigenvalue weighted by Crippen LogP contribution is -2.45.